The first-order chi connectivity index (χ1) is 11.0. The van der Waals surface area contributed by atoms with Gasteiger partial charge in [0.15, 0.2) is 0 Å². The smallest absolute Gasteiger partial charge is 0.379 e. The van der Waals surface area contributed by atoms with Crippen LogP contribution >= 0.6 is 0 Å². The van der Waals surface area contributed by atoms with Gasteiger partial charge in [0.05, 0.1) is 6.10 Å². The summed E-state index contributed by atoms with van der Waals surface area (Å²) in [5.41, 5.74) is -5.52. The van der Waals surface area contributed by atoms with E-state index in [2.05, 4.69) is 0 Å². The Morgan fingerprint density at radius 3 is 2.00 bits per heavy atom. The lowest BCUT2D eigenvalue weighted by Gasteiger charge is -2.09. The van der Waals surface area contributed by atoms with E-state index in [1.54, 1.807) is 0 Å². The van der Waals surface area contributed by atoms with E-state index >= 15 is 0 Å². The summed E-state index contributed by atoms with van der Waals surface area (Å²) < 4.78 is 63.8. The Labute approximate surface area is 140 Å². The van der Waals surface area contributed by atoms with Gasteiger partial charge in [-0.05, 0) is 39.5 Å². The molecule has 0 radical (unpaired) electrons. The molecule has 0 aromatic carbocycles. The highest BCUT2D eigenvalue weighted by molar-refractivity contribution is 7.90. The van der Waals surface area contributed by atoms with E-state index in [4.69, 9.17) is 4.74 Å². The third-order valence-corrected chi connectivity index (χ3v) is 4.07. The molecule has 10 heteroatoms. The second-order valence-corrected chi connectivity index (χ2v) is 7.27. The highest BCUT2D eigenvalue weighted by Gasteiger charge is 2.46. The van der Waals surface area contributed by atoms with Gasteiger partial charge in [-0.1, -0.05) is 0 Å². The molecule has 6 nitrogen and oxygen atoms in total. The molecule has 0 aromatic rings. The van der Waals surface area contributed by atoms with Crippen molar-refractivity contribution in [2.24, 2.45) is 0 Å². The second kappa shape index (κ2) is 10.7. The van der Waals surface area contributed by atoms with Crippen LogP contribution in [0, 0.1) is 0 Å². The average molecular weight is 375 g/mol. The number of rotatable bonds is 12. The molecule has 0 saturated heterocycles. The van der Waals surface area contributed by atoms with Gasteiger partial charge in [0.25, 0.3) is 0 Å². The van der Waals surface area contributed by atoms with Gasteiger partial charge in [0.1, 0.15) is 5.78 Å². The number of sulfonamides is 1. The number of nitrogens with one attached hydrogen (secondary N) is 1. The minimum atomic E-state index is -5.65. The van der Waals surface area contributed by atoms with E-state index in [1.165, 1.54) is 0 Å². The van der Waals surface area contributed by atoms with Crippen LogP contribution in [0.1, 0.15) is 58.8 Å². The number of ether oxygens (including phenoxy) is 1. The summed E-state index contributed by atoms with van der Waals surface area (Å²) in [6, 6.07) is 0. The molecule has 0 aliphatic heterocycles. The summed E-state index contributed by atoms with van der Waals surface area (Å²) in [6.07, 6.45) is 2.28. The predicted molar refractivity (Wildman–Crippen MR) is 81.5 cm³/mol. The molecule has 0 rings (SSSR count). The van der Waals surface area contributed by atoms with Crippen molar-refractivity contribution in [3.8, 4) is 0 Å². The normalized spacial score (nSPS) is 12.4. The predicted octanol–water partition coefficient (Wildman–Crippen LogP) is 2.68. The number of hydrogen-bond acceptors (Lipinski definition) is 5. The van der Waals surface area contributed by atoms with E-state index in [0.717, 1.165) is 11.1 Å². The number of Topliss-reactive ketones (excluding diaryl/α,β-unsaturated/α-hetero) is 1. The van der Waals surface area contributed by atoms with Crippen molar-refractivity contribution in [1.82, 2.24) is 4.72 Å². The van der Waals surface area contributed by atoms with E-state index in [0.29, 0.717) is 25.9 Å². The molecule has 1 amide bonds. The summed E-state index contributed by atoms with van der Waals surface area (Å²) in [5, 5.41) is 0. The van der Waals surface area contributed by atoms with E-state index < -0.39 is 21.4 Å². The maximum atomic E-state index is 12.0. The molecular formula is C14H24F3NO5S. The first-order valence-electron chi connectivity index (χ1n) is 7.71. The van der Waals surface area contributed by atoms with Gasteiger partial charge < -0.3 is 4.74 Å². The van der Waals surface area contributed by atoms with Crippen LogP contribution in [0.2, 0.25) is 0 Å². The van der Waals surface area contributed by atoms with Gasteiger partial charge >= 0.3 is 15.5 Å². The SMILES string of the molecule is CC(C)OCCCCC(=O)CCCCC(=O)NS(=O)(=O)C(F)(F)F. The number of ketones is 1. The molecule has 0 aromatic heterocycles. The third kappa shape index (κ3) is 10.6. The molecule has 1 N–H and O–H groups in total. The second-order valence-electron chi connectivity index (χ2n) is 5.60. The van der Waals surface area contributed by atoms with Crippen LogP contribution in [0.5, 0.6) is 0 Å². The maximum absolute atomic E-state index is 12.0. The van der Waals surface area contributed by atoms with Gasteiger partial charge in [-0.25, -0.2) is 4.72 Å². The number of carbonyl (C=O) groups is 2. The zero-order valence-corrected chi connectivity index (χ0v) is 14.6. The largest absolute Gasteiger partial charge is 0.516 e. The van der Waals surface area contributed by atoms with E-state index in [1.807, 2.05) is 13.8 Å². The molecule has 0 aliphatic rings. The lowest BCUT2D eigenvalue weighted by Crippen LogP contribution is -2.40. The highest BCUT2D eigenvalue weighted by atomic mass is 32.2. The number of unbranched alkanes of at least 4 members (excludes halogenated alkanes) is 2. The molecule has 24 heavy (non-hydrogen) atoms. The van der Waals surface area contributed by atoms with Gasteiger partial charge in [-0.2, -0.15) is 21.6 Å². The Balaban J connectivity index is 3.78. The number of halogens is 3. The fraction of sp³-hybridized carbons (Fsp3) is 0.857. The summed E-state index contributed by atoms with van der Waals surface area (Å²) in [7, 11) is -5.65. The number of alkyl halides is 3. The van der Waals surface area contributed by atoms with Crippen LogP contribution in [-0.4, -0.2) is 38.3 Å². The minimum absolute atomic E-state index is 0.00266. The van der Waals surface area contributed by atoms with Crippen molar-refractivity contribution in [2.45, 2.75) is 70.4 Å². The van der Waals surface area contributed by atoms with Crippen LogP contribution in [0.4, 0.5) is 13.2 Å². The minimum Gasteiger partial charge on any atom is -0.379 e. The van der Waals surface area contributed by atoms with Gasteiger partial charge in [-0.15, -0.1) is 0 Å². The lowest BCUT2D eigenvalue weighted by molar-refractivity contribution is -0.121. The van der Waals surface area contributed by atoms with E-state index in [-0.39, 0.29) is 31.1 Å². The molecule has 0 fully saturated rings. The first kappa shape index (κ1) is 22.8. The zero-order valence-electron chi connectivity index (χ0n) is 13.8. The maximum Gasteiger partial charge on any atom is 0.516 e. The molecule has 0 heterocycles. The number of carbonyl (C=O) groups excluding carboxylic acids is 2. The van der Waals surface area contributed by atoms with Crippen molar-refractivity contribution in [3.63, 3.8) is 0 Å². The number of amides is 1. The molecule has 0 unspecified atom stereocenters. The fourth-order valence-electron chi connectivity index (χ4n) is 1.73. The molecule has 0 atom stereocenters. The number of hydrogen-bond donors (Lipinski definition) is 1. The Bertz CT molecular complexity index is 503. The molecule has 0 saturated carbocycles. The topological polar surface area (TPSA) is 89.5 Å². The lowest BCUT2D eigenvalue weighted by atomic mass is 10.1. The summed E-state index contributed by atoms with van der Waals surface area (Å²) in [4.78, 5) is 22.7. The molecular weight excluding hydrogens is 351 g/mol. The Morgan fingerprint density at radius 2 is 1.50 bits per heavy atom. The van der Waals surface area contributed by atoms with Crippen molar-refractivity contribution in [1.29, 1.82) is 0 Å². The van der Waals surface area contributed by atoms with Crippen LogP contribution in [0.15, 0.2) is 0 Å². The Morgan fingerprint density at radius 1 is 1.00 bits per heavy atom. The summed E-state index contributed by atoms with van der Waals surface area (Å²) in [5.74, 6) is -1.23. The Hall–Kier alpha value is -1.16. The highest BCUT2D eigenvalue weighted by Crippen LogP contribution is 2.21. The van der Waals surface area contributed by atoms with Crippen LogP contribution < -0.4 is 4.72 Å². The van der Waals surface area contributed by atoms with Crippen molar-refractivity contribution < 1.29 is 35.9 Å². The third-order valence-electron chi connectivity index (χ3n) is 2.96. The summed E-state index contributed by atoms with van der Waals surface area (Å²) >= 11 is 0. The standard InChI is InChI=1S/C14H24F3NO5S/c1-11(2)23-10-6-5-8-12(19)7-3-4-9-13(20)18-24(21,22)14(15,16)17/h11H,3-10H2,1-2H3,(H,18,20). The first-order valence-corrected chi connectivity index (χ1v) is 9.19. The zero-order chi connectivity index (χ0) is 18.8. The van der Waals surface area contributed by atoms with Crippen molar-refractivity contribution in [3.05, 3.63) is 0 Å². The van der Waals surface area contributed by atoms with Crippen molar-refractivity contribution in [2.75, 3.05) is 6.61 Å². The van der Waals surface area contributed by atoms with E-state index in [9.17, 15) is 31.2 Å². The molecule has 142 valence electrons. The van der Waals surface area contributed by atoms with Gasteiger partial charge in [0.2, 0.25) is 5.91 Å². The van der Waals surface area contributed by atoms with Gasteiger partial charge in [-0.3, -0.25) is 9.59 Å². The van der Waals surface area contributed by atoms with Gasteiger partial charge in [0, 0.05) is 25.9 Å². The average Bonchev–Trinajstić information content (AvgIpc) is 2.41. The fourth-order valence-corrected chi connectivity index (χ4v) is 2.25. The van der Waals surface area contributed by atoms with Crippen LogP contribution in [0.3, 0.4) is 0 Å². The molecule has 0 bridgehead atoms. The molecule has 0 spiro atoms. The Kier molecular flexibility index (Phi) is 10.1. The quantitative estimate of drug-likeness (QED) is 0.530. The monoisotopic (exact) mass is 375 g/mol. The van der Waals surface area contributed by atoms with Crippen LogP contribution in [-0.2, 0) is 24.3 Å². The van der Waals surface area contributed by atoms with Crippen LogP contribution in [0.25, 0.3) is 0 Å². The molecule has 0 aliphatic carbocycles. The van der Waals surface area contributed by atoms with Crippen molar-refractivity contribution >= 4 is 21.7 Å². The summed E-state index contributed by atoms with van der Waals surface area (Å²) in [6.45, 7) is 4.42.